The van der Waals surface area contributed by atoms with Crippen LogP contribution in [0.4, 0.5) is 0 Å². The van der Waals surface area contributed by atoms with Crippen LogP contribution in [0.25, 0.3) is 0 Å². The highest BCUT2D eigenvalue weighted by Gasteiger charge is 2.18. The monoisotopic (exact) mass is 280 g/mol. The molecule has 1 aromatic rings. The van der Waals surface area contributed by atoms with E-state index < -0.39 is 5.91 Å². The van der Waals surface area contributed by atoms with Crippen molar-refractivity contribution in [3.63, 3.8) is 0 Å². The number of nitrogens with one attached hydrogen (secondary N) is 1. The van der Waals surface area contributed by atoms with Crippen LogP contribution in [-0.4, -0.2) is 45.4 Å². The molecule has 112 valence electrons. The molecular weight excluding hydrogens is 256 g/mol. The lowest BCUT2D eigenvalue weighted by Crippen LogP contribution is -2.36. The van der Waals surface area contributed by atoms with Crippen molar-refractivity contribution in [2.24, 2.45) is 11.8 Å². The fourth-order valence-corrected chi connectivity index (χ4v) is 2.74. The Balaban J connectivity index is 1.73. The molecule has 0 atom stereocenters. The second-order valence-corrected chi connectivity index (χ2v) is 5.41. The van der Waals surface area contributed by atoms with Gasteiger partial charge in [-0.05, 0) is 31.8 Å². The number of nitrogen functional groups attached to an aromatic ring is 1. The van der Waals surface area contributed by atoms with Crippen LogP contribution in [0.1, 0.15) is 43.1 Å². The molecule has 1 saturated heterocycles. The maximum Gasteiger partial charge on any atom is 0.287 e. The first-order valence-electron chi connectivity index (χ1n) is 7.36. The van der Waals surface area contributed by atoms with Crippen molar-refractivity contribution in [2.45, 2.75) is 39.2 Å². The first-order valence-corrected chi connectivity index (χ1v) is 7.36. The summed E-state index contributed by atoms with van der Waals surface area (Å²) in [5.74, 6) is 5.56. The Morgan fingerprint density at radius 2 is 2.20 bits per heavy atom. The van der Waals surface area contributed by atoms with Gasteiger partial charge < -0.3 is 4.90 Å². The Morgan fingerprint density at radius 3 is 2.85 bits per heavy atom. The minimum Gasteiger partial charge on any atom is -0.301 e. The zero-order valence-electron chi connectivity index (χ0n) is 12.1. The van der Waals surface area contributed by atoms with E-state index in [0.717, 1.165) is 32.1 Å². The quantitative estimate of drug-likeness (QED) is 0.447. The Labute approximate surface area is 119 Å². The van der Waals surface area contributed by atoms with Gasteiger partial charge in [-0.25, -0.2) is 5.84 Å². The molecule has 2 heterocycles. The van der Waals surface area contributed by atoms with Crippen LogP contribution >= 0.6 is 0 Å². The van der Waals surface area contributed by atoms with Crippen molar-refractivity contribution in [3.05, 3.63) is 11.9 Å². The molecule has 1 aromatic heterocycles. The van der Waals surface area contributed by atoms with Gasteiger partial charge in [-0.1, -0.05) is 25.0 Å². The fraction of sp³-hybridized carbons (Fsp3) is 0.769. The molecule has 0 bridgehead atoms. The van der Waals surface area contributed by atoms with Gasteiger partial charge in [-0.3, -0.25) is 14.9 Å². The average Bonchev–Trinajstić information content (AvgIpc) is 2.95. The molecule has 0 unspecified atom stereocenters. The van der Waals surface area contributed by atoms with Crippen LogP contribution in [0.3, 0.4) is 0 Å². The normalized spacial score (nSPS) is 17.3. The third kappa shape index (κ3) is 4.01. The molecule has 1 amide bonds. The van der Waals surface area contributed by atoms with Crippen molar-refractivity contribution >= 4 is 5.91 Å². The van der Waals surface area contributed by atoms with Crippen LogP contribution < -0.4 is 11.3 Å². The van der Waals surface area contributed by atoms with Crippen molar-refractivity contribution in [3.8, 4) is 0 Å². The maximum absolute atomic E-state index is 11.3. The number of rotatable bonds is 6. The van der Waals surface area contributed by atoms with E-state index in [0.29, 0.717) is 0 Å². The summed E-state index contributed by atoms with van der Waals surface area (Å²) in [7, 11) is 0. The van der Waals surface area contributed by atoms with Crippen molar-refractivity contribution in [2.75, 3.05) is 19.6 Å². The molecule has 20 heavy (non-hydrogen) atoms. The molecule has 0 spiro atoms. The molecule has 0 aromatic carbocycles. The second kappa shape index (κ2) is 7.35. The number of amides is 1. The van der Waals surface area contributed by atoms with Gasteiger partial charge >= 0.3 is 0 Å². The smallest absolute Gasteiger partial charge is 0.287 e. The highest BCUT2D eigenvalue weighted by atomic mass is 16.2. The number of hydrazine groups is 1. The summed E-state index contributed by atoms with van der Waals surface area (Å²) in [6.45, 7) is 6.28. The summed E-state index contributed by atoms with van der Waals surface area (Å²) in [4.78, 5) is 13.7. The first kappa shape index (κ1) is 14.9. The minimum absolute atomic E-state index is 0.258. The van der Waals surface area contributed by atoms with Gasteiger partial charge in [0, 0.05) is 6.54 Å². The summed E-state index contributed by atoms with van der Waals surface area (Å²) in [5.41, 5.74) is 2.31. The van der Waals surface area contributed by atoms with E-state index >= 15 is 0 Å². The fourth-order valence-electron chi connectivity index (χ4n) is 2.74. The van der Waals surface area contributed by atoms with Crippen LogP contribution in [0.15, 0.2) is 6.20 Å². The molecule has 3 N–H and O–H groups in total. The summed E-state index contributed by atoms with van der Waals surface area (Å²) < 4.78 is 1.70. The Kier molecular flexibility index (Phi) is 5.49. The summed E-state index contributed by atoms with van der Waals surface area (Å²) in [6.07, 6.45) is 6.87. The van der Waals surface area contributed by atoms with Crippen molar-refractivity contribution < 1.29 is 4.79 Å². The second-order valence-electron chi connectivity index (χ2n) is 5.41. The summed E-state index contributed by atoms with van der Waals surface area (Å²) in [6, 6.07) is 0. The van der Waals surface area contributed by atoms with Gasteiger partial charge in [0.25, 0.3) is 5.91 Å². The number of carbonyl (C=O) groups is 1. The van der Waals surface area contributed by atoms with E-state index in [-0.39, 0.29) is 5.69 Å². The molecular formula is C13H24N6O. The Bertz CT molecular complexity index is 424. The molecule has 1 fully saturated rings. The topological polar surface area (TPSA) is 89.1 Å². The van der Waals surface area contributed by atoms with Gasteiger partial charge in [0.1, 0.15) is 0 Å². The van der Waals surface area contributed by atoms with Gasteiger partial charge in [0.2, 0.25) is 0 Å². The predicted octanol–water partition coefficient (Wildman–Crippen LogP) is 0.394. The zero-order chi connectivity index (χ0) is 14.4. The van der Waals surface area contributed by atoms with Crippen LogP contribution in [-0.2, 0) is 6.54 Å². The largest absolute Gasteiger partial charge is 0.301 e. The van der Waals surface area contributed by atoms with E-state index in [4.69, 9.17) is 5.84 Å². The average molecular weight is 280 g/mol. The number of hydrogen-bond donors (Lipinski definition) is 2. The lowest BCUT2D eigenvalue weighted by atomic mass is 9.92. The van der Waals surface area contributed by atoms with Crippen molar-refractivity contribution in [1.29, 1.82) is 0 Å². The highest BCUT2D eigenvalue weighted by molar-refractivity contribution is 5.91. The SMILES string of the molecule is CCCC1CCN(CCn2cc(C(=O)NN)nn2)CC1. The maximum atomic E-state index is 11.3. The van der Waals surface area contributed by atoms with Gasteiger partial charge in [0.15, 0.2) is 5.69 Å². The molecule has 7 heteroatoms. The number of aromatic nitrogens is 3. The highest BCUT2D eigenvalue weighted by Crippen LogP contribution is 2.21. The van der Waals surface area contributed by atoms with E-state index in [1.807, 2.05) is 0 Å². The molecule has 1 aliphatic rings. The first-order chi connectivity index (χ1) is 9.72. The Morgan fingerprint density at radius 1 is 1.45 bits per heavy atom. The number of nitrogens with two attached hydrogens (primary N) is 1. The van der Waals surface area contributed by atoms with Gasteiger partial charge in [-0.15, -0.1) is 5.10 Å². The third-order valence-electron chi connectivity index (χ3n) is 3.95. The third-order valence-corrected chi connectivity index (χ3v) is 3.95. The molecule has 1 aliphatic heterocycles. The van der Waals surface area contributed by atoms with Crippen molar-refractivity contribution in [1.82, 2.24) is 25.3 Å². The van der Waals surface area contributed by atoms with Gasteiger partial charge in [-0.2, -0.15) is 0 Å². The van der Waals surface area contributed by atoms with E-state index in [2.05, 4.69) is 27.6 Å². The van der Waals surface area contributed by atoms with Gasteiger partial charge in [0.05, 0.1) is 12.7 Å². The predicted molar refractivity (Wildman–Crippen MR) is 75.7 cm³/mol. The number of carbonyl (C=O) groups excluding carboxylic acids is 1. The molecule has 0 aliphatic carbocycles. The zero-order valence-corrected chi connectivity index (χ0v) is 12.1. The van der Waals surface area contributed by atoms with E-state index in [1.54, 1.807) is 10.9 Å². The Hall–Kier alpha value is -1.47. The summed E-state index contributed by atoms with van der Waals surface area (Å²) >= 11 is 0. The van der Waals surface area contributed by atoms with E-state index in [9.17, 15) is 4.79 Å². The van der Waals surface area contributed by atoms with E-state index in [1.165, 1.54) is 25.7 Å². The number of hydrogen-bond acceptors (Lipinski definition) is 5. The molecule has 2 rings (SSSR count). The van der Waals surface area contributed by atoms with Crippen LogP contribution in [0.2, 0.25) is 0 Å². The summed E-state index contributed by atoms with van der Waals surface area (Å²) in [5, 5.41) is 7.73. The molecule has 0 saturated carbocycles. The lowest BCUT2D eigenvalue weighted by Gasteiger charge is -2.31. The number of piperidine rings is 1. The van der Waals surface area contributed by atoms with Crippen LogP contribution in [0, 0.1) is 5.92 Å². The lowest BCUT2D eigenvalue weighted by molar-refractivity contribution is 0.0948. The minimum atomic E-state index is -0.406. The molecule has 0 radical (unpaired) electrons. The standard InChI is InChI=1S/C13H24N6O/c1-2-3-11-4-6-18(7-5-11)8-9-19-10-12(16-17-19)13(20)15-14/h10-11H,2-9,14H2,1H3,(H,15,20). The van der Waals surface area contributed by atoms with Crippen LogP contribution in [0.5, 0.6) is 0 Å². The number of likely N-dealkylation sites (tertiary alicyclic amines) is 1. The number of nitrogens with zero attached hydrogens (tertiary/aromatic N) is 4. The molecule has 7 nitrogen and oxygen atoms in total.